The average molecular weight is 414 g/mol. The zero-order valence-electron chi connectivity index (χ0n) is 17.6. The van der Waals surface area contributed by atoms with Crippen molar-refractivity contribution >= 4 is 17.0 Å². The summed E-state index contributed by atoms with van der Waals surface area (Å²) in [6.07, 6.45) is 2.93. The second-order valence-corrected chi connectivity index (χ2v) is 8.04. The Morgan fingerprint density at radius 1 is 0.839 bits per heavy atom. The second kappa shape index (κ2) is 8.78. The molecule has 0 aliphatic carbocycles. The Balaban J connectivity index is 1.62. The lowest BCUT2D eigenvalue weighted by Gasteiger charge is -2.22. The molecule has 1 fully saturated rings. The predicted molar refractivity (Wildman–Crippen MR) is 125 cm³/mol. The van der Waals surface area contributed by atoms with E-state index in [0.29, 0.717) is 18.6 Å². The molecule has 0 bridgehead atoms. The van der Waals surface area contributed by atoms with Gasteiger partial charge in [-0.3, -0.25) is 4.79 Å². The van der Waals surface area contributed by atoms with Crippen molar-refractivity contribution in [1.29, 1.82) is 0 Å². The first-order chi connectivity index (χ1) is 15.3. The molecule has 2 aromatic carbocycles. The highest BCUT2D eigenvalue weighted by Gasteiger charge is 2.21. The summed E-state index contributed by atoms with van der Waals surface area (Å²) in [7, 11) is 0. The maximum atomic E-state index is 13.6. The first-order valence-corrected chi connectivity index (χ1v) is 10.9. The Labute approximate surface area is 181 Å². The predicted octanol–water partition coefficient (Wildman–Crippen LogP) is 3.09. The molecule has 6 nitrogen and oxygen atoms in total. The van der Waals surface area contributed by atoms with Crippen LogP contribution in [0.4, 0.5) is 5.95 Å². The number of hydrogen-bond donors (Lipinski definition) is 1. The number of nitrogens with one attached hydrogen (secondary N) is 1. The SMILES string of the molecule is O=c1c2c(ccn1Cc1ccccc1)nc(N1CCCNCC1)n2Cc1ccccc1. The zero-order valence-corrected chi connectivity index (χ0v) is 17.6. The molecular weight excluding hydrogens is 386 g/mol. The molecule has 1 N–H and O–H groups in total. The number of fused-ring (bicyclic) bond motifs is 1. The number of hydrogen-bond acceptors (Lipinski definition) is 4. The van der Waals surface area contributed by atoms with E-state index in [-0.39, 0.29) is 5.56 Å². The van der Waals surface area contributed by atoms with E-state index in [4.69, 9.17) is 4.98 Å². The molecule has 2 aromatic heterocycles. The Kier molecular flexibility index (Phi) is 5.54. The van der Waals surface area contributed by atoms with E-state index in [1.165, 1.54) is 0 Å². The van der Waals surface area contributed by atoms with E-state index in [2.05, 4.69) is 26.9 Å². The molecule has 31 heavy (non-hydrogen) atoms. The lowest BCUT2D eigenvalue weighted by molar-refractivity contribution is 0.716. The van der Waals surface area contributed by atoms with Crippen LogP contribution in [0, 0.1) is 0 Å². The first-order valence-electron chi connectivity index (χ1n) is 10.9. The van der Waals surface area contributed by atoms with Gasteiger partial charge in [-0.05, 0) is 30.2 Å². The van der Waals surface area contributed by atoms with Crippen molar-refractivity contribution in [2.45, 2.75) is 19.5 Å². The minimum atomic E-state index is 0.00369. The number of rotatable bonds is 5. The molecule has 5 rings (SSSR count). The van der Waals surface area contributed by atoms with Gasteiger partial charge in [0.15, 0.2) is 0 Å². The van der Waals surface area contributed by atoms with E-state index in [9.17, 15) is 4.79 Å². The van der Waals surface area contributed by atoms with Gasteiger partial charge in [-0.25, -0.2) is 4.98 Å². The zero-order chi connectivity index (χ0) is 21.0. The van der Waals surface area contributed by atoms with Crippen LogP contribution in [0.25, 0.3) is 11.0 Å². The van der Waals surface area contributed by atoms with Gasteiger partial charge in [-0.2, -0.15) is 0 Å². The molecule has 0 saturated carbocycles. The maximum absolute atomic E-state index is 13.6. The molecule has 0 spiro atoms. The van der Waals surface area contributed by atoms with E-state index < -0.39 is 0 Å². The minimum absolute atomic E-state index is 0.00369. The molecule has 0 amide bonds. The molecule has 158 valence electrons. The standard InChI is InChI=1S/C25H27N5O/c31-24-23-22(12-16-29(24)18-20-8-3-1-4-9-20)27-25(28-15-7-13-26-14-17-28)30(23)19-21-10-5-2-6-11-21/h1-6,8-12,16,26H,7,13-15,17-19H2. The van der Waals surface area contributed by atoms with E-state index in [1.807, 2.05) is 60.8 Å². The summed E-state index contributed by atoms with van der Waals surface area (Å²) in [5.41, 5.74) is 3.71. The monoisotopic (exact) mass is 413 g/mol. The van der Waals surface area contributed by atoms with Crippen molar-refractivity contribution in [1.82, 2.24) is 19.4 Å². The van der Waals surface area contributed by atoms with Crippen LogP contribution >= 0.6 is 0 Å². The Bertz CT molecular complexity index is 1210. The van der Waals surface area contributed by atoms with Gasteiger partial charge in [-0.1, -0.05) is 60.7 Å². The van der Waals surface area contributed by atoms with Crippen LogP contribution in [-0.4, -0.2) is 40.3 Å². The molecule has 4 aromatic rings. The summed E-state index contributed by atoms with van der Waals surface area (Å²) >= 11 is 0. The van der Waals surface area contributed by atoms with Gasteiger partial charge in [0.2, 0.25) is 5.95 Å². The molecule has 0 radical (unpaired) electrons. The summed E-state index contributed by atoms with van der Waals surface area (Å²) < 4.78 is 3.90. The van der Waals surface area contributed by atoms with Gasteiger partial charge in [0.05, 0.1) is 18.6 Å². The van der Waals surface area contributed by atoms with Gasteiger partial charge in [-0.15, -0.1) is 0 Å². The summed E-state index contributed by atoms with van der Waals surface area (Å²) in [4.78, 5) is 20.8. The largest absolute Gasteiger partial charge is 0.341 e. The maximum Gasteiger partial charge on any atom is 0.277 e. The Morgan fingerprint density at radius 3 is 2.29 bits per heavy atom. The van der Waals surface area contributed by atoms with Crippen molar-refractivity contribution in [3.8, 4) is 0 Å². The van der Waals surface area contributed by atoms with Crippen molar-refractivity contribution in [2.24, 2.45) is 0 Å². The van der Waals surface area contributed by atoms with Crippen LogP contribution in [0.5, 0.6) is 0 Å². The molecule has 1 aliphatic heterocycles. The third kappa shape index (κ3) is 4.11. The van der Waals surface area contributed by atoms with Crippen LogP contribution in [0.3, 0.4) is 0 Å². The number of benzene rings is 2. The molecule has 0 atom stereocenters. The highest BCUT2D eigenvalue weighted by molar-refractivity contribution is 5.78. The Morgan fingerprint density at radius 2 is 1.55 bits per heavy atom. The topological polar surface area (TPSA) is 55.1 Å². The fourth-order valence-electron chi connectivity index (χ4n) is 4.27. The number of pyridine rings is 1. The minimum Gasteiger partial charge on any atom is -0.341 e. The lowest BCUT2D eigenvalue weighted by atomic mass is 10.2. The quantitative estimate of drug-likeness (QED) is 0.546. The summed E-state index contributed by atoms with van der Waals surface area (Å²) in [6.45, 7) is 4.93. The molecule has 0 unspecified atom stereocenters. The van der Waals surface area contributed by atoms with Gasteiger partial charge in [0, 0.05) is 25.8 Å². The molecular formula is C25H27N5O. The number of aromatic nitrogens is 3. The van der Waals surface area contributed by atoms with E-state index in [0.717, 1.165) is 55.2 Å². The number of anilines is 1. The van der Waals surface area contributed by atoms with Crippen molar-refractivity contribution < 1.29 is 0 Å². The highest BCUT2D eigenvalue weighted by atomic mass is 16.1. The van der Waals surface area contributed by atoms with Gasteiger partial charge >= 0.3 is 0 Å². The van der Waals surface area contributed by atoms with Crippen LogP contribution in [0.1, 0.15) is 17.5 Å². The van der Waals surface area contributed by atoms with E-state index >= 15 is 0 Å². The molecule has 1 aliphatic rings. The van der Waals surface area contributed by atoms with Gasteiger partial charge in [0.1, 0.15) is 5.52 Å². The van der Waals surface area contributed by atoms with E-state index in [1.54, 1.807) is 4.57 Å². The number of nitrogens with zero attached hydrogens (tertiary/aromatic N) is 4. The molecule has 1 saturated heterocycles. The molecule has 6 heteroatoms. The third-order valence-corrected chi connectivity index (χ3v) is 5.85. The van der Waals surface area contributed by atoms with Gasteiger partial charge in [0.25, 0.3) is 5.56 Å². The summed E-state index contributed by atoms with van der Waals surface area (Å²) in [6, 6.07) is 22.4. The normalized spacial score (nSPS) is 14.6. The third-order valence-electron chi connectivity index (χ3n) is 5.85. The smallest absolute Gasteiger partial charge is 0.277 e. The summed E-state index contributed by atoms with van der Waals surface area (Å²) in [5, 5.41) is 3.45. The van der Waals surface area contributed by atoms with Crippen molar-refractivity contribution in [2.75, 3.05) is 31.1 Å². The van der Waals surface area contributed by atoms with Crippen LogP contribution < -0.4 is 15.8 Å². The van der Waals surface area contributed by atoms with Crippen molar-refractivity contribution in [3.63, 3.8) is 0 Å². The van der Waals surface area contributed by atoms with Crippen LogP contribution in [0.2, 0.25) is 0 Å². The van der Waals surface area contributed by atoms with Crippen LogP contribution in [-0.2, 0) is 13.1 Å². The van der Waals surface area contributed by atoms with Gasteiger partial charge < -0.3 is 19.4 Å². The van der Waals surface area contributed by atoms with Crippen molar-refractivity contribution in [3.05, 3.63) is 94.4 Å². The Hall–Kier alpha value is -3.38. The number of imidazole rings is 1. The fourth-order valence-corrected chi connectivity index (χ4v) is 4.27. The fraction of sp³-hybridized carbons (Fsp3) is 0.280. The average Bonchev–Trinajstić information content (AvgIpc) is 2.97. The second-order valence-electron chi connectivity index (χ2n) is 8.04. The molecule has 3 heterocycles. The highest BCUT2D eigenvalue weighted by Crippen LogP contribution is 2.23. The summed E-state index contributed by atoms with van der Waals surface area (Å²) in [5.74, 6) is 0.886. The van der Waals surface area contributed by atoms with Crippen LogP contribution in [0.15, 0.2) is 77.7 Å². The first kappa shape index (κ1) is 19.6. The lowest BCUT2D eigenvalue weighted by Crippen LogP contribution is -2.31.